The highest BCUT2D eigenvalue weighted by molar-refractivity contribution is 14.1. The van der Waals surface area contributed by atoms with Gasteiger partial charge in [0.05, 0.1) is 11.6 Å². The van der Waals surface area contributed by atoms with Gasteiger partial charge in [0, 0.05) is 23.2 Å². The Morgan fingerprint density at radius 1 is 1.50 bits per heavy atom. The van der Waals surface area contributed by atoms with E-state index in [0.717, 1.165) is 23.2 Å². The SMILES string of the molecule is CN1CCNCC1c1noc(-c2c(F)cccc2I)n1. The second-order valence-corrected chi connectivity index (χ2v) is 5.92. The first kappa shape index (κ1) is 13.9. The minimum atomic E-state index is -0.345. The van der Waals surface area contributed by atoms with E-state index in [1.54, 1.807) is 6.07 Å². The van der Waals surface area contributed by atoms with E-state index < -0.39 is 0 Å². The minimum Gasteiger partial charge on any atom is -0.334 e. The molecule has 5 nitrogen and oxygen atoms in total. The maximum absolute atomic E-state index is 13.9. The quantitative estimate of drug-likeness (QED) is 0.799. The first-order valence-electron chi connectivity index (χ1n) is 6.36. The fraction of sp³-hybridized carbons (Fsp3) is 0.385. The highest BCUT2D eigenvalue weighted by atomic mass is 127. The third-order valence-corrected chi connectivity index (χ3v) is 4.33. The van der Waals surface area contributed by atoms with E-state index in [0.29, 0.717) is 11.4 Å². The van der Waals surface area contributed by atoms with Crippen molar-refractivity contribution in [2.24, 2.45) is 0 Å². The number of likely N-dealkylation sites (N-methyl/N-ethyl adjacent to an activating group) is 1. The maximum Gasteiger partial charge on any atom is 0.262 e. The van der Waals surface area contributed by atoms with Crippen molar-refractivity contribution >= 4 is 22.6 Å². The summed E-state index contributed by atoms with van der Waals surface area (Å²) in [4.78, 5) is 6.54. The molecule has 1 saturated heterocycles. The number of aromatic nitrogens is 2. The molecule has 0 saturated carbocycles. The first-order valence-corrected chi connectivity index (χ1v) is 7.43. The van der Waals surface area contributed by atoms with Crippen molar-refractivity contribution in [1.29, 1.82) is 0 Å². The zero-order chi connectivity index (χ0) is 14.1. The molecule has 1 aliphatic heterocycles. The zero-order valence-electron chi connectivity index (χ0n) is 10.9. The van der Waals surface area contributed by atoms with E-state index in [4.69, 9.17) is 4.52 Å². The van der Waals surface area contributed by atoms with Gasteiger partial charge in [-0.2, -0.15) is 4.98 Å². The lowest BCUT2D eigenvalue weighted by Crippen LogP contribution is -2.44. The van der Waals surface area contributed by atoms with Gasteiger partial charge in [-0.15, -0.1) is 0 Å². The first-order chi connectivity index (χ1) is 9.66. The molecule has 0 radical (unpaired) electrons. The molecule has 20 heavy (non-hydrogen) atoms. The van der Waals surface area contributed by atoms with E-state index >= 15 is 0 Å². The molecule has 0 amide bonds. The summed E-state index contributed by atoms with van der Waals surface area (Å²) in [5, 5.41) is 7.31. The molecule has 1 aromatic carbocycles. The number of nitrogens with zero attached hydrogens (tertiary/aromatic N) is 3. The van der Waals surface area contributed by atoms with Gasteiger partial charge in [0.15, 0.2) is 5.82 Å². The van der Waals surface area contributed by atoms with Gasteiger partial charge >= 0.3 is 0 Å². The van der Waals surface area contributed by atoms with Crippen LogP contribution in [0.15, 0.2) is 22.7 Å². The Morgan fingerprint density at radius 3 is 3.10 bits per heavy atom. The third kappa shape index (κ3) is 2.57. The lowest BCUT2D eigenvalue weighted by molar-refractivity contribution is 0.190. The van der Waals surface area contributed by atoms with Gasteiger partial charge in [0.25, 0.3) is 5.89 Å². The van der Waals surface area contributed by atoms with Crippen LogP contribution in [-0.2, 0) is 0 Å². The second-order valence-electron chi connectivity index (χ2n) is 4.75. The lowest BCUT2D eigenvalue weighted by atomic mass is 10.2. The van der Waals surface area contributed by atoms with Crippen molar-refractivity contribution in [3.63, 3.8) is 0 Å². The van der Waals surface area contributed by atoms with Gasteiger partial charge in [0.1, 0.15) is 5.82 Å². The average molecular weight is 388 g/mol. The van der Waals surface area contributed by atoms with E-state index in [9.17, 15) is 4.39 Å². The second kappa shape index (κ2) is 5.74. The Hall–Kier alpha value is -1.06. The Kier molecular flexibility index (Phi) is 3.99. The summed E-state index contributed by atoms with van der Waals surface area (Å²) >= 11 is 2.07. The van der Waals surface area contributed by atoms with Crippen molar-refractivity contribution in [3.8, 4) is 11.5 Å². The van der Waals surface area contributed by atoms with E-state index in [1.807, 2.05) is 13.1 Å². The Labute approximate surface area is 129 Å². The smallest absolute Gasteiger partial charge is 0.262 e. The van der Waals surface area contributed by atoms with Gasteiger partial charge in [-0.05, 0) is 41.8 Å². The summed E-state index contributed by atoms with van der Waals surface area (Å²) in [6.45, 7) is 2.64. The van der Waals surface area contributed by atoms with Gasteiger partial charge in [-0.25, -0.2) is 4.39 Å². The number of rotatable bonds is 2. The third-order valence-electron chi connectivity index (χ3n) is 3.43. The predicted octanol–water partition coefficient (Wildman–Crippen LogP) is 2.06. The van der Waals surface area contributed by atoms with Crippen LogP contribution in [0.3, 0.4) is 0 Å². The van der Waals surface area contributed by atoms with E-state index in [1.165, 1.54) is 6.07 Å². The Balaban J connectivity index is 1.94. The largest absolute Gasteiger partial charge is 0.334 e. The van der Waals surface area contributed by atoms with Crippen LogP contribution >= 0.6 is 22.6 Å². The fourth-order valence-corrected chi connectivity index (χ4v) is 2.96. The fourth-order valence-electron chi connectivity index (χ4n) is 2.27. The monoisotopic (exact) mass is 388 g/mol. The summed E-state index contributed by atoms with van der Waals surface area (Å²) in [6.07, 6.45) is 0. The number of benzene rings is 1. The molecular formula is C13H14FIN4O. The van der Waals surface area contributed by atoms with Gasteiger partial charge < -0.3 is 9.84 Å². The van der Waals surface area contributed by atoms with Crippen LogP contribution in [0.5, 0.6) is 0 Å². The molecule has 2 aromatic rings. The topological polar surface area (TPSA) is 54.2 Å². The number of piperazine rings is 1. The van der Waals surface area contributed by atoms with Crippen LogP contribution in [0.1, 0.15) is 11.9 Å². The summed E-state index contributed by atoms with van der Waals surface area (Å²) in [6, 6.07) is 4.94. The van der Waals surface area contributed by atoms with Crippen molar-refractivity contribution in [2.75, 3.05) is 26.7 Å². The normalized spacial score (nSPS) is 20.2. The molecule has 0 aliphatic carbocycles. The molecule has 0 spiro atoms. The molecule has 7 heteroatoms. The number of hydrogen-bond donors (Lipinski definition) is 1. The van der Waals surface area contributed by atoms with Crippen LogP contribution in [0.25, 0.3) is 11.5 Å². The van der Waals surface area contributed by atoms with Crippen molar-refractivity contribution in [3.05, 3.63) is 33.4 Å². The summed E-state index contributed by atoms with van der Waals surface area (Å²) in [5.74, 6) is 0.484. The van der Waals surface area contributed by atoms with Crippen molar-refractivity contribution in [1.82, 2.24) is 20.4 Å². The molecular weight excluding hydrogens is 374 g/mol. The van der Waals surface area contributed by atoms with Crippen LogP contribution in [0.4, 0.5) is 4.39 Å². The molecule has 106 valence electrons. The van der Waals surface area contributed by atoms with Gasteiger partial charge in [-0.1, -0.05) is 11.2 Å². The number of nitrogens with one attached hydrogen (secondary N) is 1. The van der Waals surface area contributed by atoms with Crippen LogP contribution in [0.2, 0.25) is 0 Å². The molecule has 1 N–H and O–H groups in total. The predicted molar refractivity (Wildman–Crippen MR) is 80.6 cm³/mol. The van der Waals surface area contributed by atoms with Crippen molar-refractivity contribution in [2.45, 2.75) is 6.04 Å². The Bertz CT molecular complexity index is 598. The summed E-state index contributed by atoms with van der Waals surface area (Å²) in [5.41, 5.74) is 0.373. The minimum absolute atomic E-state index is 0.0608. The van der Waals surface area contributed by atoms with E-state index in [-0.39, 0.29) is 17.7 Å². The molecule has 0 bridgehead atoms. The molecule has 1 fully saturated rings. The van der Waals surface area contributed by atoms with Crippen LogP contribution in [0, 0.1) is 9.39 Å². The highest BCUT2D eigenvalue weighted by Crippen LogP contribution is 2.28. The molecule has 3 rings (SSSR count). The van der Waals surface area contributed by atoms with Gasteiger partial charge in [-0.3, -0.25) is 4.90 Å². The molecule has 2 heterocycles. The molecule has 1 aromatic heterocycles. The summed E-state index contributed by atoms with van der Waals surface area (Å²) < 4.78 is 19.9. The highest BCUT2D eigenvalue weighted by Gasteiger charge is 2.26. The standard InChI is InChI=1S/C13H14FIN4O/c1-19-6-5-16-7-10(19)12-17-13(20-18-12)11-8(14)3-2-4-9(11)15/h2-4,10,16H,5-7H2,1H3. The number of hydrogen-bond acceptors (Lipinski definition) is 5. The van der Waals surface area contributed by atoms with Gasteiger partial charge in [0.2, 0.25) is 0 Å². The molecule has 1 aliphatic rings. The number of halogens is 2. The molecule has 1 unspecified atom stereocenters. The average Bonchev–Trinajstić information content (AvgIpc) is 2.88. The maximum atomic E-state index is 13.9. The Morgan fingerprint density at radius 2 is 2.35 bits per heavy atom. The summed E-state index contributed by atoms with van der Waals surface area (Å²) in [7, 11) is 2.02. The van der Waals surface area contributed by atoms with Crippen molar-refractivity contribution < 1.29 is 8.91 Å². The molecule has 1 atom stereocenters. The van der Waals surface area contributed by atoms with Crippen LogP contribution in [-0.4, -0.2) is 41.7 Å². The van der Waals surface area contributed by atoms with Crippen LogP contribution < -0.4 is 5.32 Å². The lowest BCUT2D eigenvalue weighted by Gasteiger charge is -2.30. The van der Waals surface area contributed by atoms with E-state index in [2.05, 4.69) is 42.9 Å². The zero-order valence-corrected chi connectivity index (χ0v) is 13.1.